The van der Waals surface area contributed by atoms with E-state index in [2.05, 4.69) is 20.8 Å². The number of likely N-dealkylation sites (N-methyl/N-ethyl adjacent to an activating group) is 1. The van der Waals surface area contributed by atoms with E-state index in [-0.39, 0.29) is 5.91 Å². The van der Waals surface area contributed by atoms with Gasteiger partial charge in [0.25, 0.3) is 0 Å². The van der Waals surface area contributed by atoms with E-state index in [1.807, 2.05) is 49.7 Å². The lowest BCUT2D eigenvalue weighted by molar-refractivity contribution is -0.121. The first-order valence-corrected chi connectivity index (χ1v) is 6.39. The highest BCUT2D eigenvalue weighted by molar-refractivity contribution is 5.97. The normalized spacial score (nSPS) is 11.4. The third-order valence-corrected chi connectivity index (χ3v) is 3.31. The molecule has 1 aromatic carbocycles. The second-order valence-corrected chi connectivity index (χ2v) is 5.17. The van der Waals surface area contributed by atoms with Gasteiger partial charge in [-0.1, -0.05) is 0 Å². The van der Waals surface area contributed by atoms with Crippen LogP contribution in [0.15, 0.2) is 30.6 Å². The fourth-order valence-corrected chi connectivity index (χ4v) is 1.65. The first kappa shape index (κ1) is 14.2. The van der Waals surface area contributed by atoms with E-state index < -0.39 is 5.54 Å². The van der Waals surface area contributed by atoms with Crippen LogP contribution in [0.25, 0.3) is 11.4 Å². The molecule has 2 rings (SSSR count). The predicted molar refractivity (Wildman–Crippen MR) is 78.2 cm³/mol. The number of anilines is 1. The molecule has 6 nitrogen and oxygen atoms in total. The smallest absolute Gasteiger partial charge is 0.244 e. The van der Waals surface area contributed by atoms with Crippen LogP contribution in [0, 0.1) is 0 Å². The van der Waals surface area contributed by atoms with Crippen molar-refractivity contribution in [2.75, 3.05) is 12.4 Å². The summed E-state index contributed by atoms with van der Waals surface area (Å²) in [6.45, 7) is 3.66. The number of carbonyl (C=O) groups excluding carboxylic acids is 1. The maximum atomic E-state index is 12.0. The molecule has 20 heavy (non-hydrogen) atoms. The first-order chi connectivity index (χ1) is 9.44. The molecular weight excluding hydrogens is 254 g/mol. The number of amides is 1. The van der Waals surface area contributed by atoms with Crippen LogP contribution in [0.5, 0.6) is 0 Å². The van der Waals surface area contributed by atoms with Crippen molar-refractivity contribution < 1.29 is 4.79 Å². The Morgan fingerprint density at radius 2 is 1.90 bits per heavy atom. The third-order valence-electron chi connectivity index (χ3n) is 3.31. The van der Waals surface area contributed by atoms with Crippen molar-refractivity contribution in [3.63, 3.8) is 0 Å². The predicted octanol–water partition coefficient (Wildman–Crippen LogP) is 1.42. The van der Waals surface area contributed by atoms with E-state index in [4.69, 9.17) is 0 Å². The van der Waals surface area contributed by atoms with Crippen LogP contribution in [-0.2, 0) is 11.8 Å². The average Bonchev–Trinajstić information content (AvgIpc) is 2.86. The Hall–Kier alpha value is -2.21. The molecule has 0 saturated heterocycles. The molecule has 0 fully saturated rings. The van der Waals surface area contributed by atoms with Gasteiger partial charge in [0.15, 0.2) is 5.82 Å². The summed E-state index contributed by atoms with van der Waals surface area (Å²) < 4.78 is 1.84. The van der Waals surface area contributed by atoms with Crippen molar-refractivity contribution >= 4 is 11.6 Å². The molecule has 1 amide bonds. The van der Waals surface area contributed by atoms with Gasteiger partial charge >= 0.3 is 0 Å². The lowest BCUT2D eigenvalue weighted by Gasteiger charge is -2.22. The quantitative estimate of drug-likeness (QED) is 0.883. The zero-order chi connectivity index (χ0) is 14.8. The summed E-state index contributed by atoms with van der Waals surface area (Å²) in [6, 6.07) is 7.53. The molecule has 2 N–H and O–H groups in total. The van der Waals surface area contributed by atoms with Crippen molar-refractivity contribution in [3.05, 3.63) is 30.6 Å². The molecule has 0 saturated carbocycles. The summed E-state index contributed by atoms with van der Waals surface area (Å²) in [5.74, 6) is 0.713. The minimum absolute atomic E-state index is 0.0774. The van der Waals surface area contributed by atoms with Gasteiger partial charge in [0.2, 0.25) is 5.91 Å². The number of aryl methyl sites for hydroxylation is 1. The van der Waals surface area contributed by atoms with Gasteiger partial charge in [-0.2, -0.15) is 0 Å². The number of nitrogens with one attached hydrogen (secondary N) is 2. The molecule has 2 aromatic rings. The molecule has 0 bridgehead atoms. The average molecular weight is 273 g/mol. The van der Waals surface area contributed by atoms with Crippen molar-refractivity contribution in [2.45, 2.75) is 19.4 Å². The van der Waals surface area contributed by atoms with Gasteiger partial charge in [0, 0.05) is 18.3 Å². The third kappa shape index (κ3) is 2.85. The zero-order valence-electron chi connectivity index (χ0n) is 12.1. The van der Waals surface area contributed by atoms with Crippen LogP contribution in [0.4, 0.5) is 5.69 Å². The van der Waals surface area contributed by atoms with Crippen molar-refractivity contribution in [2.24, 2.45) is 7.05 Å². The molecule has 0 atom stereocenters. The van der Waals surface area contributed by atoms with Crippen LogP contribution < -0.4 is 10.6 Å². The Morgan fingerprint density at radius 3 is 2.40 bits per heavy atom. The summed E-state index contributed by atoms with van der Waals surface area (Å²) >= 11 is 0. The molecule has 6 heteroatoms. The van der Waals surface area contributed by atoms with Crippen molar-refractivity contribution in [1.82, 2.24) is 20.1 Å². The number of carbonyl (C=O) groups is 1. The minimum Gasteiger partial charge on any atom is -0.325 e. The van der Waals surface area contributed by atoms with E-state index in [0.717, 1.165) is 17.1 Å². The first-order valence-electron chi connectivity index (χ1n) is 6.39. The largest absolute Gasteiger partial charge is 0.325 e. The second kappa shape index (κ2) is 5.42. The molecular formula is C14H19N5O. The molecule has 0 aliphatic carbocycles. The van der Waals surface area contributed by atoms with Gasteiger partial charge in [0.05, 0.1) is 5.54 Å². The van der Waals surface area contributed by atoms with Crippen LogP contribution >= 0.6 is 0 Å². The summed E-state index contributed by atoms with van der Waals surface area (Å²) in [4.78, 5) is 12.0. The SMILES string of the molecule is CNC(C)(C)C(=O)Nc1ccc(-c2nncn2C)cc1. The summed E-state index contributed by atoms with van der Waals surface area (Å²) in [6.07, 6.45) is 1.65. The Morgan fingerprint density at radius 1 is 1.25 bits per heavy atom. The van der Waals surface area contributed by atoms with Crippen molar-refractivity contribution in [3.8, 4) is 11.4 Å². The number of nitrogens with zero attached hydrogens (tertiary/aromatic N) is 3. The van der Waals surface area contributed by atoms with Gasteiger partial charge in [0.1, 0.15) is 6.33 Å². The number of hydrogen-bond acceptors (Lipinski definition) is 4. The van der Waals surface area contributed by atoms with E-state index in [1.165, 1.54) is 0 Å². The topological polar surface area (TPSA) is 71.8 Å². The zero-order valence-corrected chi connectivity index (χ0v) is 12.1. The molecule has 0 aliphatic heterocycles. The van der Waals surface area contributed by atoms with E-state index in [9.17, 15) is 4.79 Å². The van der Waals surface area contributed by atoms with Crippen LogP contribution in [0.2, 0.25) is 0 Å². The van der Waals surface area contributed by atoms with Gasteiger partial charge in [-0.05, 0) is 45.2 Å². The highest BCUT2D eigenvalue weighted by Gasteiger charge is 2.24. The number of hydrogen-bond donors (Lipinski definition) is 2. The number of aromatic nitrogens is 3. The van der Waals surface area contributed by atoms with Gasteiger partial charge < -0.3 is 15.2 Å². The monoisotopic (exact) mass is 273 g/mol. The Balaban J connectivity index is 2.14. The van der Waals surface area contributed by atoms with E-state index >= 15 is 0 Å². The van der Waals surface area contributed by atoms with E-state index in [0.29, 0.717) is 0 Å². The summed E-state index contributed by atoms with van der Waals surface area (Å²) in [5.41, 5.74) is 1.10. The standard InChI is InChI=1S/C14H19N5O/c1-14(2,15-3)13(20)17-11-7-5-10(6-8-11)12-18-16-9-19(12)4/h5-9,15H,1-4H3,(H,17,20). The minimum atomic E-state index is -0.609. The van der Waals surface area contributed by atoms with Gasteiger partial charge in [-0.25, -0.2) is 0 Å². The van der Waals surface area contributed by atoms with Crippen LogP contribution in [0.1, 0.15) is 13.8 Å². The van der Waals surface area contributed by atoms with Crippen molar-refractivity contribution in [1.29, 1.82) is 0 Å². The highest BCUT2D eigenvalue weighted by atomic mass is 16.2. The number of rotatable bonds is 4. The van der Waals surface area contributed by atoms with Gasteiger partial charge in [-0.15, -0.1) is 10.2 Å². The molecule has 106 valence electrons. The van der Waals surface area contributed by atoms with Gasteiger partial charge in [-0.3, -0.25) is 4.79 Å². The fraction of sp³-hybridized carbons (Fsp3) is 0.357. The Kier molecular flexibility index (Phi) is 3.85. The Labute approximate surface area is 118 Å². The molecule has 0 spiro atoms. The van der Waals surface area contributed by atoms with Crippen LogP contribution in [-0.4, -0.2) is 33.3 Å². The molecule has 0 aliphatic rings. The summed E-state index contributed by atoms with van der Waals surface area (Å²) in [5, 5.41) is 13.7. The molecule has 0 unspecified atom stereocenters. The van der Waals surface area contributed by atoms with Crippen LogP contribution in [0.3, 0.4) is 0 Å². The molecule has 1 aromatic heterocycles. The number of benzene rings is 1. The highest BCUT2D eigenvalue weighted by Crippen LogP contribution is 2.19. The fourth-order valence-electron chi connectivity index (χ4n) is 1.65. The summed E-state index contributed by atoms with van der Waals surface area (Å²) in [7, 11) is 3.65. The molecule has 1 heterocycles. The Bertz CT molecular complexity index is 600. The van der Waals surface area contributed by atoms with E-state index in [1.54, 1.807) is 13.4 Å². The second-order valence-electron chi connectivity index (χ2n) is 5.17. The maximum Gasteiger partial charge on any atom is 0.244 e. The molecule has 0 radical (unpaired) electrons. The maximum absolute atomic E-state index is 12.0. The lowest BCUT2D eigenvalue weighted by Crippen LogP contribution is -2.47. The lowest BCUT2D eigenvalue weighted by atomic mass is 10.0.